The van der Waals surface area contributed by atoms with Crippen molar-refractivity contribution >= 4 is 0 Å². The van der Waals surface area contributed by atoms with E-state index < -0.39 is 0 Å². The van der Waals surface area contributed by atoms with E-state index in [1.165, 1.54) is 56.4 Å². The van der Waals surface area contributed by atoms with Gasteiger partial charge in [-0.15, -0.1) is 0 Å². The topological polar surface area (TPSA) is 6.48 Å². The molecule has 2 aromatic carbocycles. The van der Waals surface area contributed by atoms with Gasteiger partial charge >= 0.3 is 0 Å². The van der Waals surface area contributed by atoms with E-state index in [-0.39, 0.29) is 0 Å². The van der Waals surface area contributed by atoms with Crippen LogP contribution in [0.4, 0.5) is 0 Å². The Hall–Kier alpha value is -1.90. The van der Waals surface area contributed by atoms with Gasteiger partial charge in [-0.2, -0.15) is 0 Å². The number of hydrogen-bond acceptors (Lipinski definition) is 2. The average molecular weight is 401 g/mol. The summed E-state index contributed by atoms with van der Waals surface area (Å²) < 4.78 is 0. The molecule has 0 amide bonds. The second-order valence-corrected chi connectivity index (χ2v) is 9.76. The Balaban J connectivity index is 1.18. The molecule has 0 aromatic heterocycles. The number of hydrogen-bond donors (Lipinski definition) is 0. The molecule has 0 radical (unpaired) electrons. The first-order valence-corrected chi connectivity index (χ1v) is 12.1. The van der Waals surface area contributed by atoms with E-state index in [1.54, 1.807) is 0 Å². The molecule has 1 saturated carbocycles. The highest BCUT2D eigenvalue weighted by Gasteiger charge is 2.37. The van der Waals surface area contributed by atoms with Crippen molar-refractivity contribution in [3.8, 4) is 0 Å². The molecule has 2 nitrogen and oxygen atoms in total. The molecule has 1 heterocycles. The normalized spacial score (nSPS) is 26.6. The average Bonchev–Trinajstić information content (AvgIpc) is 3.42. The largest absolute Gasteiger partial charge is 0.303 e. The molecule has 2 aliphatic carbocycles. The van der Waals surface area contributed by atoms with Crippen molar-refractivity contribution in [3.05, 3.63) is 83.9 Å². The van der Waals surface area contributed by atoms with Gasteiger partial charge in [-0.05, 0) is 74.1 Å². The molecule has 0 N–H and O–H groups in total. The third-order valence-electron chi connectivity index (χ3n) is 7.74. The Kier molecular flexibility index (Phi) is 6.34. The lowest BCUT2D eigenvalue weighted by Crippen LogP contribution is -2.46. The van der Waals surface area contributed by atoms with Crippen molar-refractivity contribution in [1.29, 1.82) is 0 Å². The lowest BCUT2D eigenvalue weighted by Gasteiger charge is -2.40. The highest BCUT2D eigenvalue weighted by atomic mass is 15.2. The van der Waals surface area contributed by atoms with Gasteiger partial charge < -0.3 is 4.90 Å². The van der Waals surface area contributed by atoms with Gasteiger partial charge in [0.05, 0.1) is 0 Å². The predicted octanol–water partition coefficient (Wildman–Crippen LogP) is 5.41. The molecule has 2 aromatic rings. The Bertz CT molecular complexity index is 807. The van der Waals surface area contributed by atoms with Gasteiger partial charge in [0.25, 0.3) is 0 Å². The van der Waals surface area contributed by atoms with E-state index in [0.717, 1.165) is 37.3 Å². The van der Waals surface area contributed by atoms with Crippen molar-refractivity contribution in [1.82, 2.24) is 9.80 Å². The summed E-state index contributed by atoms with van der Waals surface area (Å²) in [6, 6.07) is 22.8. The van der Waals surface area contributed by atoms with Crippen LogP contribution in [0.5, 0.6) is 0 Å². The van der Waals surface area contributed by atoms with Crippen molar-refractivity contribution < 1.29 is 0 Å². The minimum Gasteiger partial charge on any atom is -0.303 e. The van der Waals surface area contributed by atoms with E-state index in [9.17, 15) is 0 Å². The maximum Gasteiger partial charge on any atom is 0.0236 e. The third-order valence-corrected chi connectivity index (χ3v) is 7.74. The fourth-order valence-corrected chi connectivity index (χ4v) is 6.03. The van der Waals surface area contributed by atoms with Crippen LogP contribution in [0.3, 0.4) is 0 Å². The van der Waals surface area contributed by atoms with Gasteiger partial charge in [-0.3, -0.25) is 4.90 Å². The van der Waals surface area contributed by atoms with Crippen LogP contribution in [0, 0.1) is 17.8 Å². The first-order chi connectivity index (χ1) is 14.8. The van der Waals surface area contributed by atoms with Crippen LogP contribution >= 0.6 is 0 Å². The number of allylic oxidation sites excluding steroid dienone is 2. The van der Waals surface area contributed by atoms with Gasteiger partial charge in [-0.1, -0.05) is 72.8 Å². The van der Waals surface area contributed by atoms with Crippen molar-refractivity contribution in [2.75, 3.05) is 26.2 Å². The molecule has 1 saturated heterocycles. The minimum absolute atomic E-state index is 0.713. The highest BCUT2D eigenvalue weighted by Crippen LogP contribution is 2.43. The summed E-state index contributed by atoms with van der Waals surface area (Å²) in [4.78, 5) is 5.54. The first-order valence-electron chi connectivity index (χ1n) is 12.1. The monoisotopic (exact) mass is 400 g/mol. The molecule has 2 heteroatoms. The Morgan fingerprint density at radius 1 is 0.800 bits per heavy atom. The zero-order valence-corrected chi connectivity index (χ0v) is 18.2. The molecule has 158 valence electrons. The fourth-order valence-electron chi connectivity index (χ4n) is 6.03. The zero-order chi connectivity index (χ0) is 20.2. The second-order valence-electron chi connectivity index (χ2n) is 9.76. The molecule has 30 heavy (non-hydrogen) atoms. The smallest absolute Gasteiger partial charge is 0.0236 e. The summed E-state index contributed by atoms with van der Waals surface area (Å²) in [6.45, 7) is 6.12. The van der Waals surface area contributed by atoms with E-state index in [1.807, 2.05) is 0 Å². The molecule has 3 aliphatic rings. The molecule has 5 rings (SSSR count). The van der Waals surface area contributed by atoms with Crippen molar-refractivity contribution in [2.45, 2.75) is 44.7 Å². The maximum absolute atomic E-state index is 2.77. The Morgan fingerprint density at radius 2 is 1.50 bits per heavy atom. The first kappa shape index (κ1) is 20.0. The summed E-state index contributed by atoms with van der Waals surface area (Å²) >= 11 is 0. The standard InChI is InChI=1S/C28H36N2/c1-3-7-23(8-4-1)13-18-30(21-24-9-5-2-6-10-24)28-14-16-29(17-15-28)22-27-20-25-11-12-26(27)19-25/h1-12,25-28H,13-22H2/t25-,26+,27+/m1/s1. The lowest BCUT2D eigenvalue weighted by atomic mass is 9.92. The van der Waals surface area contributed by atoms with Gasteiger partial charge in [0.1, 0.15) is 0 Å². The molecular formula is C28H36N2. The van der Waals surface area contributed by atoms with E-state index >= 15 is 0 Å². The summed E-state index contributed by atoms with van der Waals surface area (Å²) in [7, 11) is 0. The SMILES string of the molecule is C1=C[C@H]2C[C@@H]1C[C@H]2CN1CCC(N(CCc2ccccc2)Cc2ccccc2)CC1. The van der Waals surface area contributed by atoms with Gasteiger partial charge in [0, 0.05) is 25.7 Å². The van der Waals surface area contributed by atoms with Crippen LogP contribution in [0.25, 0.3) is 0 Å². The van der Waals surface area contributed by atoms with E-state index in [0.29, 0.717) is 6.04 Å². The highest BCUT2D eigenvalue weighted by molar-refractivity contribution is 5.17. The molecule has 0 unspecified atom stereocenters. The molecule has 3 atom stereocenters. The van der Waals surface area contributed by atoms with Crippen LogP contribution in [0.2, 0.25) is 0 Å². The van der Waals surface area contributed by atoms with Crippen LogP contribution in [-0.2, 0) is 13.0 Å². The third kappa shape index (κ3) is 4.87. The summed E-state index contributed by atoms with van der Waals surface area (Å²) in [5, 5.41) is 0. The second kappa shape index (κ2) is 9.49. The lowest BCUT2D eigenvalue weighted by molar-refractivity contribution is 0.0916. The van der Waals surface area contributed by atoms with Gasteiger partial charge in [0.2, 0.25) is 0 Å². The van der Waals surface area contributed by atoms with Crippen LogP contribution < -0.4 is 0 Å². The van der Waals surface area contributed by atoms with Crippen LogP contribution in [0.1, 0.15) is 36.8 Å². The predicted molar refractivity (Wildman–Crippen MR) is 125 cm³/mol. The molecular weight excluding hydrogens is 364 g/mol. The maximum atomic E-state index is 2.77. The quantitative estimate of drug-likeness (QED) is 0.547. The number of piperidine rings is 1. The summed E-state index contributed by atoms with van der Waals surface area (Å²) in [6.07, 6.45) is 11.6. The molecule has 2 fully saturated rings. The minimum atomic E-state index is 0.713. The zero-order valence-electron chi connectivity index (χ0n) is 18.2. The molecule has 2 bridgehead atoms. The summed E-state index contributed by atoms with van der Waals surface area (Å²) in [5.41, 5.74) is 2.90. The van der Waals surface area contributed by atoms with E-state index in [2.05, 4.69) is 82.6 Å². The number of rotatable bonds is 8. The van der Waals surface area contributed by atoms with Crippen molar-refractivity contribution in [2.24, 2.45) is 17.8 Å². The van der Waals surface area contributed by atoms with Gasteiger partial charge in [0.15, 0.2) is 0 Å². The fraction of sp³-hybridized carbons (Fsp3) is 0.500. The van der Waals surface area contributed by atoms with E-state index in [4.69, 9.17) is 0 Å². The Morgan fingerprint density at radius 3 is 2.13 bits per heavy atom. The summed E-state index contributed by atoms with van der Waals surface area (Å²) in [5.74, 6) is 2.71. The van der Waals surface area contributed by atoms with Crippen LogP contribution in [0.15, 0.2) is 72.8 Å². The van der Waals surface area contributed by atoms with Crippen LogP contribution in [-0.4, -0.2) is 42.0 Å². The van der Waals surface area contributed by atoms with Crippen molar-refractivity contribution in [3.63, 3.8) is 0 Å². The molecule has 0 spiro atoms. The number of nitrogens with zero attached hydrogens (tertiary/aromatic N) is 2. The number of benzene rings is 2. The number of fused-ring (bicyclic) bond motifs is 2. The molecule has 1 aliphatic heterocycles. The van der Waals surface area contributed by atoms with Gasteiger partial charge in [-0.25, -0.2) is 0 Å². The Labute approximate surface area is 182 Å². The number of likely N-dealkylation sites (tertiary alicyclic amines) is 1.